The molecule has 1 amide bonds. The maximum absolute atomic E-state index is 12.0. The highest BCUT2D eigenvalue weighted by atomic mass is 79.9. The molecule has 0 saturated carbocycles. The largest absolute Gasteiger partial charge is 0.326 e. The third-order valence-corrected chi connectivity index (χ3v) is 5.16. The summed E-state index contributed by atoms with van der Waals surface area (Å²) >= 11 is 3.59. The Morgan fingerprint density at radius 2 is 1.76 bits per heavy atom. The number of hydrogen-bond acceptors (Lipinski definition) is 1. The Balaban J connectivity index is 2.14. The lowest BCUT2D eigenvalue weighted by molar-refractivity contribution is -0.116. The lowest BCUT2D eigenvalue weighted by atomic mass is 9.83. The first-order valence-electron chi connectivity index (χ1n) is 7.12. The number of nitrogens with one attached hydrogen (secondary N) is 1. The van der Waals surface area contributed by atoms with Crippen molar-refractivity contribution in [3.8, 4) is 0 Å². The lowest BCUT2D eigenvalue weighted by Crippen LogP contribution is -2.23. The van der Waals surface area contributed by atoms with Crippen LogP contribution in [0.15, 0.2) is 34.8 Å². The molecular weight excluding hydrogens is 326 g/mol. The van der Waals surface area contributed by atoms with E-state index in [2.05, 4.69) is 72.3 Å². The van der Waals surface area contributed by atoms with Crippen LogP contribution in [0.25, 0.3) is 0 Å². The van der Waals surface area contributed by atoms with Gasteiger partial charge in [0.25, 0.3) is 0 Å². The molecule has 1 N–H and O–H groups in total. The summed E-state index contributed by atoms with van der Waals surface area (Å²) in [6.45, 7) is 6.27. The van der Waals surface area contributed by atoms with Gasteiger partial charge >= 0.3 is 0 Å². The summed E-state index contributed by atoms with van der Waals surface area (Å²) in [7, 11) is 0. The lowest BCUT2D eigenvalue weighted by Gasteiger charge is -2.27. The molecule has 2 nitrogen and oxygen atoms in total. The van der Waals surface area contributed by atoms with E-state index in [1.807, 2.05) is 0 Å². The molecule has 21 heavy (non-hydrogen) atoms. The summed E-state index contributed by atoms with van der Waals surface area (Å²) in [4.78, 5) is 12.0. The van der Waals surface area contributed by atoms with Crippen molar-refractivity contribution in [3.63, 3.8) is 0 Å². The second kappa shape index (κ2) is 5.30. The summed E-state index contributed by atoms with van der Waals surface area (Å²) in [5, 5.41) is 3.00. The van der Waals surface area contributed by atoms with Gasteiger partial charge in [-0.05, 0) is 60.7 Å². The molecule has 0 radical (unpaired) electrons. The molecule has 108 valence electrons. The topological polar surface area (TPSA) is 29.1 Å². The van der Waals surface area contributed by atoms with Gasteiger partial charge in [0, 0.05) is 22.5 Å². The molecule has 1 unspecified atom stereocenters. The Bertz CT molecular complexity index is 736. The highest BCUT2D eigenvalue weighted by Crippen LogP contribution is 2.39. The molecule has 0 saturated heterocycles. The van der Waals surface area contributed by atoms with Crippen molar-refractivity contribution in [2.24, 2.45) is 0 Å². The molecule has 1 aliphatic rings. The number of anilines is 1. The quantitative estimate of drug-likeness (QED) is 0.787. The number of carbonyl (C=O) groups is 1. The minimum absolute atomic E-state index is 0.0902. The predicted molar refractivity (Wildman–Crippen MR) is 89.9 cm³/mol. The number of hydrogen-bond donors (Lipinski definition) is 1. The van der Waals surface area contributed by atoms with E-state index < -0.39 is 0 Å². The molecule has 0 spiro atoms. The maximum Gasteiger partial charge on any atom is 0.225 e. The van der Waals surface area contributed by atoms with Crippen molar-refractivity contribution >= 4 is 27.5 Å². The average Bonchev–Trinajstić information content (AvgIpc) is 2.43. The second-order valence-corrected chi connectivity index (χ2v) is 6.69. The van der Waals surface area contributed by atoms with Crippen LogP contribution in [0, 0.1) is 20.8 Å². The normalized spacial score (nSPS) is 17.3. The van der Waals surface area contributed by atoms with Gasteiger partial charge in [-0.25, -0.2) is 0 Å². The Hall–Kier alpha value is -1.61. The van der Waals surface area contributed by atoms with Gasteiger partial charge in [-0.1, -0.05) is 34.1 Å². The zero-order chi connectivity index (χ0) is 15.1. The molecule has 3 heteroatoms. The number of benzene rings is 2. The number of amides is 1. The van der Waals surface area contributed by atoms with Crippen molar-refractivity contribution in [1.82, 2.24) is 0 Å². The third kappa shape index (κ3) is 2.62. The van der Waals surface area contributed by atoms with Crippen LogP contribution in [0.3, 0.4) is 0 Å². The van der Waals surface area contributed by atoms with Crippen LogP contribution < -0.4 is 5.32 Å². The molecule has 2 aromatic rings. The summed E-state index contributed by atoms with van der Waals surface area (Å²) in [5.74, 6) is 0.220. The minimum Gasteiger partial charge on any atom is -0.326 e. The highest BCUT2D eigenvalue weighted by Gasteiger charge is 2.27. The fourth-order valence-corrected chi connectivity index (χ4v) is 3.25. The molecule has 3 rings (SSSR count). The van der Waals surface area contributed by atoms with Crippen LogP contribution in [-0.4, -0.2) is 5.91 Å². The molecule has 0 bridgehead atoms. The SMILES string of the molecule is Cc1cc2c(cc1C)C(c1ccc(C)c(Br)c1)CC(=O)N2. The molecule has 2 aromatic carbocycles. The summed E-state index contributed by atoms with van der Waals surface area (Å²) in [6.07, 6.45) is 0.505. The number of rotatable bonds is 1. The maximum atomic E-state index is 12.0. The van der Waals surface area contributed by atoms with Crippen LogP contribution in [0.1, 0.15) is 40.2 Å². The van der Waals surface area contributed by atoms with E-state index in [9.17, 15) is 4.79 Å². The van der Waals surface area contributed by atoms with Gasteiger partial charge in [-0.2, -0.15) is 0 Å². The van der Waals surface area contributed by atoms with Gasteiger partial charge in [-0.3, -0.25) is 4.79 Å². The average molecular weight is 344 g/mol. The smallest absolute Gasteiger partial charge is 0.225 e. The van der Waals surface area contributed by atoms with Gasteiger partial charge < -0.3 is 5.32 Å². The summed E-state index contributed by atoms with van der Waals surface area (Å²) in [5.41, 5.74) is 7.04. The zero-order valence-corrected chi connectivity index (χ0v) is 14.0. The van der Waals surface area contributed by atoms with Gasteiger partial charge in [0.1, 0.15) is 0 Å². The molecule has 0 fully saturated rings. The fourth-order valence-electron chi connectivity index (χ4n) is 2.85. The summed E-state index contributed by atoms with van der Waals surface area (Å²) in [6, 6.07) is 10.7. The van der Waals surface area contributed by atoms with E-state index in [-0.39, 0.29) is 11.8 Å². The molecule has 0 aromatic heterocycles. The fraction of sp³-hybridized carbons (Fsp3) is 0.278. The Labute approximate surface area is 133 Å². The Kier molecular flexibility index (Phi) is 3.62. The van der Waals surface area contributed by atoms with E-state index in [4.69, 9.17) is 0 Å². The molecular formula is C18H18BrNO. The first kappa shape index (κ1) is 14.3. The Morgan fingerprint density at radius 3 is 2.48 bits per heavy atom. The number of carbonyl (C=O) groups excluding carboxylic acids is 1. The predicted octanol–water partition coefficient (Wildman–Crippen LogP) is 4.85. The van der Waals surface area contributed by atoms with Crippen LogP contribution in [0.2, 0.25) is 0 Å². The first-order chi connectivity index (χ1) is 9.95. The van der Waals surface area contributed by atoms with E-state index >= 15 is 0 Å². The molecule has 1 aliphatic heterocycles. The molecule has 1 heterocycles. The van der Waals surface area contributed by atoms with E-state index in [1.54, 1.807) is 0 Å². The van der Waals surface area contributed by atoms with Crippen LogP contribution in [0.5, 0.6) is 0 Å². The highest BCUT2D eigenvalue weighted by molar-refractivity contribution is 9.10. The zero-order valence-electron chi connectivity index (χ0n) is 12.5. The monoisotopic (exact) mass is 343 g/mol. The Morgan fingerprint density at radius 1 is 1.05 bits per heavy atom. The van der Waals surface area contributed by atoms with E-state index in [0.717, 1.165) is 10.2 Å². The van der Waals surface area contributed by atoms with Gasteiger partial charge in [0.15, 0.2) is 0 Å². The first-order valence-corrected chi connectivity index (χ1v) is 7.92. The van der Waals surface area contributed by atoms with E-state index in [1.165, 1.54) is 27.8 Å². The van der Waals surface area contributed by atoms with Crippen molar-refractivity contribution in [2.75, 3.05) is 5.32 Å². The van der Waals surface area contributed by atoms with Crippen LogP contribution in [0.4, 0.5) is 5.69 Å². The molecule has 0 aliphatic carbocycles. The third-order valence-electron chi connectivity index (χ3n) is 4.30. The van der Waals surface area contributed by atoms with Crippen LogP contribution >= 0.6 is 15.9 Å². The number of aryl methyl sites for hydroxylation is 3. The molecule has 1 atom stereocenters. The van der Waals surface area contributed by atoms with Crippen molar-refractivity contribution < 1.29 is 4.79 Å². The minimum atomic E-state index is 0.0902. The number of halogens is 1. The van der Waals surface area contributed by atoms with Gasteiger partial charge in [0.2, 0.25) is 5.91 Å². The summed E-state index contributed by atoms with van der Waals surface area (Å²) < 4.78 is 1.09. The number of fused-ring (bicyclic) bond motifs is 1. The van der Waals surface area contributed by atoms with Crippen molar-refractivity contribution in [1.29, 1.82) is 0 Å². The second-order valence-electron chi connectivity index (χ2n) is 5.84. The van der Waals surface area contributed by atoms with Crippen molar-refractivity contribution in [3.05, 3.63) is 62.6 Å². The standard InChI is InChI=1S/C18H18BrNO/c1-10-4-5-13(8-16(10)19)14-9-18(21)20-17-7-12(3)11(2)6-15(14)17/h4-8,14H,9H2,1-3H3,(H,20,21). The van der Waals surface area contributed by atoms with Gasteiger partial charge in [-0.15, -0.1) is 0 Å². The van der Waals surface area contributed by atoms with E-state index in [0.29, 0.717) is 6.42 Å². The van der Waals surface area contributed by atoms with Crippen molar-refractivity contribution in [2.45, 2.75) is 33.1 Å². The van der Waals surface area contributed by atoms with Gasteiger partial charge in [0.05, 0.1) is 0 Å². The van der Waals surface area contributed by atoms with Crippen LogP contribution in [-0.2, 0) is 4.79 Å².